The van der Waals surface area contributed by atoms with Crippen molar-refractivity contribution in [3.63, 3.8) is 0 Å². The molecule has 0 spiro atoms. The number of amides is 1. The molecule has 96 valence electrons. The van der Waals surface area contributed by atoms with Gasteiger partial charge in [-0.1, -0.05) is 0 Å². The van der Waals surface area contributed by atoms with E-state index in [1.54, 1.807) is 4.68 Å². The van der Waals surface area contributed by atoms with Crippen LogP contribution in [0.3, 0.4) is 0 Å². The number of nitrogens with zero attached hydrogens (tertiary/aromatic N) is 2. The van der Waals surface area contributed by atoms with Gasteiger partial charge in [-0.15, -0.1) is 0 Å². The zero-order valence-corrected chi connectivity index (χ0v) is 12.3. The van der Waals surface area contributed by atoms with Gasteiger partial charge in [0.25, 0.3) is 0 Å². The van der Waals surface area contributed by atoms with Gasteiger partial charge < -0.3 is 4.74 Å². The molecule has 0 saturated carbocycles. The molecule has 1 heterocycles. The van der Waals surface area contributed by atoms with Gasteiger partial charge in [-0.2, -0.15) is 5.10 Å². The van der Waals surface area contributed by atoms with E-state index in [4.69, 9.17) is 4.74 Å². The van der Waals surface area contributed by atoms with Gasteiger partial charge in [-0.3, -0.25) is 10.00 Å². The van der Waals surface area contributed by atoms with Crippen LogP contribution in [0.1, 0.15) is 40.7 Å². The molecule has 1 rings (SSSR count). The lowest BCUT2D eigenvalue weighted by Gasteiger charge is -2.19. The van der Waals surface area contributed by atoms with Crippen molar-refractivity contribution >= 4 is 27.8 Å². The van der Waals surface area contributed by atoms with E-state index in [0.29, 0.717) is 5.82 Å². The summed E-state index contributed by atoms with van der Waals surface area (Å²) in [5.41, 5.74) is -0.517. The highest BCUT2D eigenvalue weighted by Gasteiger charge is 2.18. The number of ether oxygens (including phenoxy) is 1. The van der Waals surface area contributed by atoms with Crippen molar-refractivity contribution in [3.05, 3.63) is 10.7 Å². The van der Waals surface area contributed by atoms with Crippen molar-refractivity contribution in [3.8, 4) is 0 Å². The molecular weight excluding hydrogens is 286 g/mol. The molecule has 0 aliphatic carbocycles. The Morgan fingerprint density at radius 1 is 1.53 bits per heavy atom. The number of nitrogens with one attached hydrogen (secondary N) is 1. The zero-order chi connectivity index (χ0) is 13.2. The predicted molar refractivity (Wildman–Crippen MR) is 70.2 cm³/mol. The third kappa shape index (κ3) is 4.38. The van der Waals surface area contributed by atoms with Gasteiger partial charge in [0.05, 0.1) is 4.47 Å². The number of carbonyl (C=O) groups excluding carboxylic acids is 1. The van der Waals surface area contributed by atoms with Crippen molar-refractivity contribution in [2.24, 2.45) is 0 Å². The summed E-state index contributed by atoms with van der Waals surface area (Å²) in [6.45, 7) is 9.46. The minimum Gasteiger partial charge on any atom is -0.444 e. The third-order valence-corrected chi connectivity index (χ3v) is 2.42. The number of halogens is 1. The molecule has 1 aromatic heterocycles. The molecule has 6 heteroatoms. The van der Waals surface area contributed by atoms with E-state index < -0.39 is 11.7 Å². The summed E-state index contributed by atoms with van der Waals surface area (Å²) in [5, 5.41) is 6.84. The topological polar surface area (TPSA) is 56.2 Å². The maximum atomic E-state index is 11.6. The Hall–Kier alpha value is -1.04. The normalized spacial score (nSPS) is 11.7. The summed E-state index contributed by atoms with van der Waals surface area (Å²) < 4.78 is 7.64. The number of hydrogen-bond donors (Lipinski definition) is 1. The minimum absolute atomic E-state index is 0.237. The molecule has 0 saturated heterocycles. The van der Waals surface area contributed by atoms with Gasteiger partial charge in [0, 0.05) is 12.2 Å². The van der Waals surface area contributed by atoms with Crippen molar-refractivity contribution in [1.82, 2.24) is 9.78 Å². The Balaban J connectivity index is 2.72. The van der Waals surface area contributed by atoms with Gasteiger partial charge in [0.2, 0.25) is 0 Å². The first kappa shape index (κ1) is 14.0. The van der Waals surface area contributed by atoms with Crippen molar-refractivity contribution < 1.29 is 9.53 Å². The Bertz CT molecular complexity index is 407. The smallest absolute Gasteiger partial charge is 0.413 e. The molecule has 0 aromatic carbocycles. The predicted octanol–water partition coefficient (Wildman–Crippen LogP) is 3.57. The SMILES string of the molecule is CC(C)n1cc(Br)c(NC(=O)OC(C)(C)C)n1. The monoisotopic (exact) mass is 303 g/mol. The first-order valence-corrected chi connectivity index (χ1v) is 6.23. The van der Waals surface area contributed by atoms with Gasteiger partial charge in [0.15, 0.2) is 5.82 Å². The Kier molecular flexibility index (Phi) is 4.19. The first-order valence-electron chi connectivity index (χ1n) is 5.43. The van der Waals surface area contributed by atoms with Crippen LogP contribution in [0.4, 0.5) is 10.6 Å². The van der Waals surface area contributed by atoms with Gasteiger partial charge in [-0.25, -0.2) is 4.79 Å². The van der Waals surface area contributed by atoms with Crippen LogP contribution in [0.25, 0.3) is 0 Å². The minimum atomic E-state index is -0.517. The molecule has 0 fully saturated rings. The number of carbonyl (C=O) groups is 1. The first-order chi connectivity index (χ1) is 7.69. The summed E-state index contributed by atoms with van der Waals surface area (Å²) >= 11 is 3.34. The molecule has 17 heavy (non-hydrogen) atoms. The fourth-order valence-electron chi connectivity index (χ4n) is 1.12. The van der Waals surface area contributed by atoms with E-state index >= 15 is 0 Å². The van der Waals surface area contributed by atoms with E-state index in [1.165, 1.54) is 0 Å². The van der Waals surface area contributed by atoms with Crippen molar-refractivity contribution in [2.45, 2.75) is 46.3 Å². The van der Waals surface area contributed by atoms with Crippen LogP contribution >= 0.6 is 15.9 Å². The highest BCUT2D eigenvalue weighted by Crippen LogP contribution is 2.22. The molecule has 0 unspecified atom stereocenters. The molecular formula is C11H18BrN3O2. The lowest BCUT2D eigenvalue weighted by atomic mass is 10.2. The van der Waals surface area contributed by atoms with E-state index in [9.17, 15) is 4.79 Å². The number of anilines is 1. The molecule has 0 bridgehead atoms. The van der Waals surface area contributed by atoms with Crippen LogP contribution in [0.5, 0.6) is 0 Å². The van der Waals surface area contributed by atoms with Crippen molar-refractivity contribution in [2.75, 3.05) is 5.32 Å². The van der Waals surface area contributed by atoms with E-state index in [-0.39, 0.29) is 6.04 Å². The second-order valence-electron chi connectivity index (χ2n) is 5.03. The van der Waals surface area contributed by atoms with Crippen LogP contribution in [-0.4, -0.2) is 21.5 Å². The van der Waals surface area contributed by atoms with E-state index in [1.807, 2.05) is 40.8 Å². The molecule has 1 aromatic rings. The average molecular weight is 304 g/mol. The summed E-state index contributed by atoms with van der Waals surface area (Å²) in [6, 6.07) is 0.237. The number of aromatic nitrogens is 2. The van der Waals surface area contributed by atoms with Crippen LogP contribution in [0.2, 0.25) is 0 Å². The lowest BCUT2D eigenvalue weighted by molar-refractivity contribution is 0.0635. The fourth-order valence-corrected chi connectivity index (χ4v) is 1.51. The Morgan fingerprint density at radius 3 is 2.53 bits per heavy atom. The summed E-state index contributed by atoms with van der Waals surface area (Å²) in [5.74, 6) is 0.466. The molecule has 0 aliphatic heterocycles. The molecule has 0 aliphatic rings. The maximum absolute atomic E-state index is 11.6. The highest BCUT2D eigenvalue weighted by molar-refractivity contribution is 9.10. The van der Waals surface area contributed by atoms with E-state index in [2.05, 4.69) is 26.3 Å². The third-order valence-electron chi connectivity index (χ3n) is 1.84. The second-order valence-corrected chi connectivity index (χ2v) is 5.88. The standard InChI is InChI=1S/C11H18BrN3O2/c1-7(2)15-6-8(12)9(14-15)13-10(16)17-11(3,4)5/h6-7H,1-5H3,(H,13,14,16). The second kappa shape index (κ2) is 5.08. The van der Waals surface area contributed by atoms with E-state index in [0.717, 1.165) is 4.47 Å². The Morgan fingerprint density at radius 2 is 2.12 bits per heavy atom. The summed E-state index contributed by atoms with van der Waals surface area (Å²) in [4.78, 5) is 11.6. The molecule has 1 N–H and O–H groups in total. The van der Waals surface area contributed by atoms with Crippen LogP contribution in [0.15, 0.2) is 10.7 Å². The van der Waals surface area contributed by atoms with Crippen LogP contribution in [0, 0.1) is 0 Å². The quantitative estimate of drug-likeness (QED) is 0.908. The Labute approximate surface area is 110 Å². The molecule has 0 radical (unpaired) electrons. The van der Waals surface area contributed by atoms with Gasteiger partial charge >= 0.3 is 6.09 Å². The van der Waals surface area contributed by atoms with Crippen LogP contribution < -0.4 is 5.32 Å². The van der Waals surface area contributed by atoms with Crippen molar-refractivity contribution in [1.29, 1.82) is 0 Å². The lowest BCUT2D eigenvalue weighted by Crippen LogP contribution is -2.27. The summed E-state index contributed by atoms with van der Waals surface area (Å²) in [7, 11) is 0. The zero-order valence-electron chi connectivity index (χ0n) is 10.7. The van der Waals surface area contributed by atoms with Gasteiger partial charge in [-0.05, 0) is 50.5 Å². The molecule has 5 nitrogen and oxygen atoms in total. The molecule has 1 amide bonds. The van der Waals surface area contributed by atoms with Gasteiger partial charge in [0.1, 0.15) is 5.60 Å². The fraction of sp³-hybridized carbons (Fsp3) is 0.636. The average Bonchev–Trinajstić information content (AvgIpc) is 2.44. The number of hydrogen-bond acceptors (Lipinski definition) is 3. The molecule has 0 atom stereocenters. The largest absolute Gasteiger partial charge is 0.444 e. The highest BCUT2D eigenvalue weighted by atomic mass is 79.9. The summed E-state index contributed by atoms with van der Waals surface area (Å²) in [6.07, 6.45) is 1.31. The maximum Gasteiger partial charge on any atom is 0.413 e. The van der Waals surface area contributed by atoms with Crippen LogP contribution in [-0.2, 0) is 4.74 Å². The number of rotatable bonds is 2.